The van der Waals surface area contributed by atoms with Crippen molar-refractivity contribution in [2.24, 2.45) is 0 Å². The molecule has 0 aromatic heterocycles. The van der Waals surface area contributed by atoms with Crippen molar-refractivity contribution in [2.75, 3.05) is 13.1 Å². The van der Waals surface area contributed by atoms with Crippen LogP contribution >= 0.6 is 0 Å². The van der Waals surface area contributed by atoms with Gasteiger partial charge in [-0.15, -0.1) is 0 Å². The molecule has 2 heterocycles. The molecular weight excluding hydrogens is 232 g/mol. The molecule has 0 radical (unpaired) electrons. The second-order valence-corrected chi connectivity index (χ2v) is 5.50. The standard InChI is InChI=1S/C17H18N2/c1-3-7-13(8-4-1)17(14-9-5-2-6-10-14)19-12-15-16(19)11-18-15/h1-10,15-18H,11-12H2/t15?,16-/m1/s1. The number of fused-ring (bicyclic) bond motifs is 1. The van der Waals surface area contributed by atoms with Crippen LogP contribution < -0.4 is 5.32 Å². The Hall–Kier alpha value is -1.64. The Kier molecular flexibility index (Phi) is 2.64. The maximum atomic E-state index is 3.49. The Morgan fingerprint density at radius 2 is 1.47 bits per heavy atom. The van der Waals surface area contributed by atoms with Crippen LogP contribution in [-0.4, -0.2) is 30.1 Å². The Morgan fingerprint density at radius 1 is 0.895 bits per heavy atom. The molecule has 0 bridgehead atoms. The molecule has 2 fully saturated rings. The van der Waals surface area contributed by atoms with E-state index in [-0.39, 0.29) is 0 Å². The van der Waals surface area contributed by atoms with Crippen molar-refractivity contribution < 1.29 is 0 Å². The molecule has 4 rings (SSSR count). The summed E-state index contributed by atoms with van der Waals surface area (Å²) in [4.78, 5) is 2.63. The molecule has 2 atom stereocenters. The first-order chi connectivity index (χ1) is 9.43. The molecule has 2 saturated heterocycles. The number of hydrogen-bond acceptors (Lipinski definition) is 2. The van der Waals surface area contributed by atoms with Gasteiger partial charge in [-0.3, -0.25) is 4.90 Å². The molecule has 2 heteroatoms. The molecule has 0 aliphatic carbocycles. The van der Waals surface area contributed by atoms with Crippen LogP contribution in [0, 0.1) is 0 Å². The van der Waals surface area contributed by atoms with Crippen molar-refractivity contribution in [2.45, 2.75) is 18.1 Å². The minimum Gasteiger partial charge on any atom is -0.310 e. The lowest BCUT2D eigenvalue weighted by molar-refractivity contribution is -0.0396. The molecule has 19 heavy (non-hydrogen) atoms. The molecule has 0 saturated carbocycles. The summed E-state index contributed by atoms with van der Waals surface area (Å²) in [5.41, 5.74) is 2.80. The first-order valence-electron chi connectivity index (χ1n) is 7.02. The Morgan fingerprint density at radius 3 is 1.84 bits per heavy atom. The van der Waals surface area contributed by atoms with E-state index < -0.39 is 0 Å². The monoisotopic (exact) mass is 250 g/mol. The molecule has 2 nitrogen and oxygen atoms in total. The second kappa shape index (κ2) is 4.48. The van der Waals surface area contributed by atoms with E-state index in [1.165, 1.54) is 17.7 Å². The summed E-state index contributed by atoms with van der Waals surface area (Å²) in [6.45, 7) is 2.31. The summed E-state index contributed by atoms with van der Waals surface area (Å²) in [7, 11) is 0. The lowest BCUT2D eigenvalue weighted by Crippen LogP contribution is -2.78. The van der Waals surface area contributed by atoms with Crippen molar-refractivity contribution in [1.29, 1.82) is 0 Å². The van der Waals surface area contributed by atoms with Crippen molar-refractivity contribution >= 4 is 0 Å². The third-order valence-electron chi connectivity index (χ3n) is 4.45. The fourth-order valence-corrected chi connectivity index (χ4v) is 3.29. The van der Waals surface area contributed by atoms with Gasteiger partial charge < -0.3 is 5.32 Å². The highest BCUT2D eigenvalue weighted by Gasteiger charge is 2.48. The van der Waals surface area contributed by atoms with E-state index in [0.29, 0.717) is 6.04 Å². The highest BCUT2D eigenvalue weighted by molar-refractivity contribution is 5.33. The summed E-state index contributed by atoms with van der Waals surface area (Å²) < 4.78 is 0. The van der Waals surface area contributed by atoms with E-state index in [1.54, 1.807) is 0 Å². The van der Waals surface area contributed by atoms with Gasteiger partial charge in [0.15, 0.2) is 0 Å². The zero-order valence-corrected chi connectivity index (χ0v) is 10.9. The van der Waals surface area contributed by atoms with Crippen LogP contribution in [0.2, 0.25) is 0 Å². The third kappa shape index (κ3) is 1.79. The van der Waals surface area contributed by atoms with Crippen molar-refractivity contribution in [3.63, 3.8) is 0 Å². The average Bonchev–Trinajstić information content (AvgIpc) is 2.46. The Labute approximate surface area is 114 Å². The molecule has 0 spiro atoms. The van der Waals surface area contributed by atoms with Crippen molar-refractivity contribution in [3.8, 4) is 0 Å². The van der Waals surface area contributed by atoms with Gasteiger partial charge in [0.2, 0.25) is 0 Å². The Balaban J connectivity index is 1.71. The Bertz CT molecular complexity index is 512. The van der Waals surface area contributed by atoms with Gasteiger partial charge in [0.1, 0.15) is 0 Å². The van der Waals surface area contributed by atoms with Gasteiger partial charge in [0.25, 0.3) is 0 Å². The number of nitrogens with one attached hydrogen (secondary N) is 1. The molecule has 2 aliphatic heterocycles. The van der Waals surface area contributed by atoms with Crippen LogP contribution in [0.3, 0.4) is 0 Å². The number of likely N-dealkylation sites (tertiary alicyclic amines) is 1. The summed E-state index contributed by atoms with van der Waals surface area (Å²) in [5.74, 6) is 0. The maximum absolute atomic E-state index is 3.49. The van der Waals surface area contributed by atoms with Gasteiger partial charge in [-0.25, -0.2) is 0 Å². The van der Waals surface area contributed by atoms with Gasteiger partial charge in [0.05, 0.1) is 6.04 Å². The van der Waals surface area contributed by atoms with Crippen LogP contribution in [-0.2, 0) is 0 Å². The zero-order chi connectivity index (χ0) is 12.7. The highest BCUT2D eigenvalue weighted by atomic mass is 15.4. The summed E-state index contributed by atoms with van der Waals surface area (Å²) in [6.07, 6.45) is 0. The quantitative estimate of drug-likeness (QED) is 0.900. The van der Waals surface area contributed by atoms with E-state index >= 15 is 0 Å². The molecule has 96 valence electrons. The van der Waals surface area contributed by atoms with Crippen LogP contribution in [0.4, 0.5) is 0 Å². The van der Waals surface area contributed by atoms with E-state index in [2.05, 4.69) is 70.9 Å². The molecule has 0 amide bonds. The zero-order valence-electron chi connectivity index (χ0n) is 10.9. The average molecular weight is 250 g/mol. The van der Waals surface area contributed by atoms with Gasteiger partial charge >= 0.3 is 0 Å². The molecule has 2 aliphatic rings. The first kappa shape index (κ1) is 11.2. The lowest BCUT2D eigenvalue weighted by Gasteiger charge is -2.59. The van der Waals surface area contributed by atoms with Crippen molar-refractivity contribution in [3.05, 3.63) is 71.8 Å². The van der Waals surface area contributed by atoms with Crippen LogP contribution in [0.1, 0.15) is 17.2 Å². The third-order valence-corrected chi connectivity index (χ3v) is 4.45. The van der Waals surface area contributed by atoms with E-state index in [1.807, 2.05) is 0 Å². The van der Waals surface area contributed by atoms with Gasteiger partial charge in [-0.1, -0.05) is 60.7 Å². The maximum Gasteiger partial charge on any atom is 0.0605 e. The first-order valence-corrected chi connectivity index (χ1v) is 7.02. The SMILES string of the molecule is c1ccc(C(c2ccccc2)N2CC3NC[C@H]32)cc1. The fraction of sp³-hybridized carbons (Fsp3) is 0.294. The van der Waals surface area contributed by atoms with E-state index in [0.717, 1.165) is 18.6 Å². The molecular formula is C17H18N2. The van der Waals surface area contributed by atoms with Gasteiger partial charge in [0, 0.05) is 25.2 Å². The largest absolute Gasteiger partial charge is 0.310 e. The smallest absolute Gasteiger partial charge is 0.0605 e. The van der Waals surface area contributed by atoms with Crippen LogP contribution in [0.5, 0.6) is 0 Å². The molecule has 1 unspecified atom stereocenters. The minimum absolute atomic E-state index is 0.408. The minimum atomic E-state index is 0.408. The predicted octanol–water partition coefficient (Wildman–Crippen LogP) is 2.43. The second-order valence-electron chi connectivity index (χ2n) is 5.50. The molecule has 2 aromatic rings. The highest BCUT2D eigenvalue weighted by Crippen LogP contribution is 2.38. The lowest BCUT2D eigenvalue weighted by atomic mass is 9.83. The van der Waals surface area contributed by atoms with Gasteiger partial charge in [-0.2, -0.15) is 0 Å². The number of benzene rings is 2. The summed E-state index contributed by atoms with van der Waals surface area (Å²) >= 11 is 0. The van der Waals surface area contributed by atoms with Crippen LogP contribution in [0.15, 0.2) is 60.7 Å². The number of hydrogen-bond donors (Lipinski definition) is 1. The topological polar surface area (TPSA) is 15.3 Å². The molecule has 2 aromatic carbocycles. The van der Waals surface area contributed by atoms with Gasteiger partial charge in [-0.05, 0) is 11.1 Å². The molecule has 1 N–H and O–H groups in total. The van der Waals surface area contributed by atoms with E-state index in [4.69, 9.17) is 0 Å². The number of nitrogens with zero attached hydrogens (tertiary/aromatic N) is 1. The number of piperazine rings is 1. The summed E-state index contributed by atoms with van der Waals surface area (Å²) in [5, 5.41) is 3.49. The van der Waals surface area contributed by atoms with Crippen LogP contribution in [0.25, 0.3) is 0 Å². The normalized spacial score (nSPS) is 25.5. The predicted molar refractivity (Wildman–Crippen MR) is 77.0 cm³/mol. The summed E-state index contributed by atoms with van der Waals surface area (Å²) in [6, 6.07) is 23.6. The fourth-order valence-electron chi connectivity index (χ4n) is 3.29. The van der Waals surface area contributed by atoms with Crippen molar-refractivity contribution in [1.82, 2.24) is 10.2 Å². The van der Waals surface area contributed by atoms with E-state index in [9.17, 15) is 0 Å². The number of rotatable bonds is 3.